The number of alkyl halides is 3. The highest BCUT2D eigenvalue weighted by atomic mass is 19.4. The first-order valence-corrected chi connectivity index (χ1v) is 10.9. The Morgan fingerprint density at radius 1 is 0.972 bits per heavy atom. The van der Waals surface area contributed by atoms with Crippen LogP contribution in [0.25, 0.3) is 22.0 Å². The highest BCUT2D eigenvalue weighted by Gasteiger charge is 2.31. The van der Waals surface area contributed by atoms with Crippen LogP contribution in [-0.2, 0) is 0 Å². The van der Waals surface area contributed by atoms with Crippen LogP contribution in [0.4, 0.5) is 22.4 Å². The van der Waals surface area contributed by atoms with E-state index in [0.29, 0.717) is 33.5 Å². The van der Waals surface area contributed by atoms with Crippen LogP contribution in [0.15, 0.2) is 72.8 Å². The zero-order valence-corrected chi connectivity index (χ0v) is 18.8. The van der Waals surface area contributed by atoms with Gasteiger partial charge in [0.2, 0.25) is 5.95 Å². The third kappa shape index (κ3) is 6.01. The number of nitrogens with one attached hydrogen (secondary N) is 2. The summed E-state index contributed by atoms with van der Waals surface area (Å²) in [7, 11) is 0. The molecule has 0 aliphatic carbocycles. The molecule has 10 heteroatoms. The molecule has 0 aliphatic rings. The summed E-state index contributed by atoms with van der Waals surface area (Å²) in [6.45, 7) is 0.149. The number of allylic oxidation sites excluding steroid dienone is 1. The Balaban J connectivity index is 1.83. The number of rotatable bonds is 8. The van der Waals surface area contributed by atoms with Crippen LogP contribution in [0.2, 0.25) is 0 Å². The third-order valence-electron chi connectivity index (χ3n) is 5.39. The molecule has 36 heavy (non-hydrogen) atoms. The summed E-state index contributed by atoms with van der Waals surface area (Å²) in [5, 5.41) is 17.1. The molecule has 1 amide bonds. The maximum Gasteiger partial charge on any atom is 0.404 e. The van der Waals surface area contributed by atoms with Gasteiger partial charge in [-0.3, -0.25) is 5.10 Å². The second-order valence-electron chi connectivity index (χ2n) is 7.89. The Hall–Kier alpha value is -4.34. The van der Waals surface area contributed by atoms with Crippen LogP contribution in [0, 0.1) is 5.95 Å². The monoisotopic (exact) mass is 499 g/mol. The first kappa shape index (κ1) is 24.8. The average molecular weight is 499 g/mol. The fourth-order valence-electron chi connectivity index (χ4n) is 3.87. The number of H-pyrrole nitrogens is 1. The molecule has 0 radical (unpaired) electrons. The second-order valence-corrected chi connectivity index (χ2v) is 7.89. The van der Waals surface area contributed by atoms with Crippen LogP contribution in [-0.4, -0.2) is 40.7 Å². The highest BCUT2D eigenvalue weighted by Crippen LogP contribution is 2.40. The SMILES string of the molecule is O=C(O)NCCOc1ccc(/C(=C(/CC(F)(F)F)c2ccccc2)c2ccc3n[nH]c(F)c3c2)cc1. The number of hydrogen-bond acceptors (Lipinski definition) is 3. The molecule has 186 valence electrons. The number of benzene rings is 3. The Bertz CT molecular complexity index is 1380. The van der Waals surface area contributed by atoms with Crippen LogP contribution in [0.1, 0.15) is 23.1 Å². The minimum Gasteiger partial charge on any atom is -0.492 e. The lowest BCUT2D eigenvalue weighted by Gasteiger charge is -2.19. The van der Waals surface area contributed by atoms with Crippen molar-refractivity contribution in [1.29, 1.82) is 0 Å². The molecule has 0 fully saturated rings. The van der Waals surface area contributed by atoms with Gasteiger partial charge < -0.3 is 15.2 Å². The summed E-state index contributed by atoms with van der Waals surface area (Å²) < 4.78 is 61.1. The predicted molar refractivity (Wildman–Crippen MR) is 127 cm³/mol. The van der Waals surface area contributed by atoms with E-state index < -0.39 is 24.6 Å². The van der Waals surface area contributed by atoms with Crippen molar-refractivity contribution in [1.82, 2.24) is 15.5 Å². The van der Waals surface area contributed by atoms with E-state index in [4.69, 9.17) is 9.84 Å². The fourth-order valence-corrected chi connectivity index (χ4v) is 3.87. The molecule has 0 saturated carbocycles. The topological polar surface area (TPSA) is 87.2 Å². The van der Waals surface area contributed by atoms with Gasteiger partial charge in [0.15, 0.2) is 0 Å². The Labute approximate surface area is 203 Å². The lowest BCUT2D eigenvalue weighted by Crippen LogP contribution is -2.26. The summed E-state index contributed by atoms with van der Waals surface area (Å²) in [6.07, 6.45) is -6.87. The average Bonchev–Trinajstić information content (AvgIpc) is 3.22. The number of aromatic amines is 1. The van der Waals surface area contributed by atoms with Gasteiger partial charge in [0.25, 0.3) is 0 Å². The van der Waals surface area contributed by atoms with Crippen molar-refractivity contribution < 1.29 is 32.2 Å². The Morgan fingerprint density at radius 2 is 1.67 bits per heavy atom. The van der Waals surface area contributed by atoms with Gasteiger partial charge in [-0.1, -0.05) is 48.5 Å². The van der Waals surface area contributed by atoms with E-state index in [1.165, 1.54) is 6.07 Å². The van der Waals surface area contributed by atoms with Gasteiger partial charge in [-0.05, 0) is 52.1 Å². The van der Waals surface area contributed by atoms with Crippen LogP contribution in [0.5, 0.6) is 5.75 Å². The number of hydrogen-bond donors (Lipinski definition) is 3. The van der Waals surface area contributed by atoms with E-state index in [-0.39, 0.29) is 24.1 Å². The Morgan fingerprint density at radius 3 is 2.33 bits per heavy atom. The van der Waals surface area contributed by atoms with Crippen molar-refractivity contribution in [3.05, 3.63) is 95.4 Å². The van der Waals surface area contributed by atoms with Gasteiger partial charge in [0.1, 0.15) is 12.4 Å². The predicted octanol–water partition coefficient (Wildman–Crippen LogP) is 6.26. The van der Waals surface area contributed by atoms with Gasteiger partial charge in [-0.25, -0.2) is 4.79 Å². The summed E-state index contributed by atoms with van der Waals surface area (Å²) in [5.74, 6) is -0.263. The van der Waals surface area contributed by atoms with Crippen molar-refractivity contribution in [2.24, 2.45) is 0 Å². The lowest BCUT2D eigenvalue weighted by molar-refractivity contribution is -0.122. The molecule has 0 bridgehead atoms. The third-order valence-corrected chi connectivity index (χ3v) is 5.39. The molecule has 0 unspecified atom stereocenters. The molecule has 6 nitrogen and oxygen atoms in total. The molecular formula is C26H21F4N3O3. The van der Waals surface area contributed by atoms with Crippen LogP contribution >= 0.6 is 0 Å². The zero-order valence-electron chi connectivity index (χ0n) is 18.8. The van der Waals surface area contributed by atoms with E-state index in [2.05, 4.69) is 15.5 Å². The number of nitrogens with zero attached hydrogens (tertiary/aromatic N) is 1. The second kappa shape index (κ2) is 10.5. The molecule has 0 atom stereocenters. The van der Waals surface area contributed by atoms with E-state index in [0.717, 1.165) is 0 Å². The molecule has 4 aromatic rings. The van der Waals surface area contributed by atoms with Gasteiger partial charge in [-0.15, -0.1) is 0 Å². The number of carboxylic acid groups (broad SMARTS) is 1. The van der Waals surface area contributed by atoms with E-state index in [1.54, 1.807) is 66.7 Å². The smallest absolute Gasteiger partial charge is 0.404 e. The first-order chi connectivity index (χ1) is 17.2. The number of aromatic nitrogens is 2. The molecular weight excluding hydrogens is 478 g/mol. The lowest BCUT2D eigenvalue weighted by atomic mass is 9.87. The molecule has 4 rings (SSSR count). The molecule has 0 spiro atoms. The van der Waals surface area contributed by atoms with Gasteiger partial charge >= 0.3 is 12.3 Å². The molecule has 1 heterocycles. The van der Waals surface area contributed by atoms with Crippen molar-refractivity contribution >= 4 is 28.1 Å². The van der Waals surface area contributed by atoms with Crippen molar-refractivity contribution in [3.63, 3.8) is 0 Å². The fraction of sp³-hybridized carbons (Fsp3) is 0.154. The summed E-state index contributed by atoms with van der Waals surface area (Å²) in [6, 6.07) is 19.3. The van der Waals surface area contributed by atoms with Gasteiger partial charge in [-0.2, -0.15) is 22.7 Å². The summed E-state index contributed by atoms with van der Waals surface area (Å²) in [4.78, 5) is 10.5. The molecule has 3 aromatic carbocycles. The minimum absolute atomic E-state index is 0.0330. The maximum atomic E-state index is 14.3. The van der Waals surface area contributed by atoms with Crippen molar-refractivity contribution in [2.75, 3.05) is 13.2 Å². The number of fused-ring (bicyclic) bond motifs is 1. The van der Waals surface area contributed by atoms with Gasteiger partial charge in [0.05, 0.1) is 23.9 Å². The Kier molecular flexibility index (Phi) is 7.23. The van der Waals surface area contributed by atoms with E-state index in [9.17, 15) is 22.4 Å². The minimum atomic E-state index is -4.50. The molecule has 0 aliphatic heterocycles. The summed E-state index contributed by atoms with van der Waals surface area (Å²) >= 11 is 0. The summed E-state index contributed by atoms with van der Waals surface area (Å²) in [5.41, 5.74) is 1.93. The number of carbonyl (C=O) groups is 1. The largest absolute Gasteiger partial charge is 0.492 e. The van der Waals surface area contributed by atoms with Crippen LogP contribution in [0.3, 0.4) is 0 Å². The van der Waals surface area contributed by atoms with Crippen molar-refractivity contribution in [2.45, 2.75) is 12.6 Å². The van der Waals surface area contributed by atoms with E-state index in [1.807, 2.05) is 0 Å². The maximum absolute atomic E-state index is 14.3. The standard InChI is InChI=1S/C26H21F4N3O3/c27-24-20-14-18(8-11-22(20)32-33-24)23(21(15-26(28,29)30)16-4-2-1-3-5-16)17-6-9-19(10-7-17)36-13-12-31-25(34)35/h1-11,14,31H,12-13,15H2,(H,32,33)(H,34,35)/b23-21+. The van der Waals surface area contributed by atoms with E-state index >= 15 is 0 Å². The van der Waals surface area contributed by atoms with Gasteiger partial charge in [0, 0.05) is 0 Å². The zero-order chi connectivity index (χ0) is 25.7. The first-order valence-electron chi connectivity index (χ1n) is 10.9. The molecule has 3 N–H and O–H groups in total. The number of ether oxygens (including phenoxy) is 1. The normalized spacial score (nSPS) is 12.3. The number of amides is 1. The van der Waals surface area contributed by atoms with Crippen LogP contribution < -0.4 is 10.1 Å². The molecule has 1 aromatic heterocycles. The number of halogens is 4. The highest BCUT2D eigenvalue weighted by molar-refractivity contribution is 6.00. The quantitative estimate of drug-likeness (QED) is 0.152. The van der Waals surface area contributed by atoms with Crippen molar-refractivity contribution in [3.8, 4) is 5.75 Å². The molecule has 0 saturated heterocycles.